The number of furan rings is 1. The summed E-state index contributed by atoms with van der Waals surface area (Å²) in [5, 5.41) is 0. The monoisotopic (exact) mass is 358 g/mol. The van der Waals surface area contributed by atoms with Crippen molar-refractivity contribution in [2.75, 3.05) is 13.1 Å². The van der Waals surface area contributed by atoms with Crippen LogP contribution < -0.4 is 0 Å². The minimum absolute atomic E-state index is 0.816. The zero-order valence-electron chi connectivity index (χ0n) is 15.3. The summed E-state index contributed by atoms with van der Waals surface area (Å²) >= 11 is 0. The largest absolute Gasteiger partial charge is 0.463 e. The predicted octanol–water partition coefficient (Wildman–Crippen LogP) is 4.26. The Morgan fingerprint density at radius 3 is 2.81 bits per heavy atom. The lowest BCUT2D eigenvalue weighted by atomic mass is 9.91. The van der Waals surface area contributed by atoms with Gasteiger partial charge in [-0.1, -0.05) is 12.5 Å². The van der Waals surface area contributed by atoms with Crippen LogP contribution in [0.3, 0.4) is 0 Å². The molecule has 5 nitrogen and oxygen atoms in total. The number of hydrogen-bond acceptors (Lipinski definition) is 4. The number of aromatic nitrogens is 3. The molecule has 0 spiro atoms. The van der Waals surface area contributed by atoms with Crippen LogP contribution in [0.4, 0.5) is 0 Å². The topological polar surface area (TPSA) is 47.1 Å². The molecule has 1 fully saturated rings. The van der Waals surface area contributed by atoms with Crippen molar-refractivity contribution in [3.05, 3.63) is 48.6 Å². The van der Waals surface area contributed by atoms with Crippen molar-refractivity contribution in [3.63, 3.8) is 0 Å². The van der Waals surface area contributed by atoms with Gasteiger partial charge in [0.05, 0.1) is 17.3 Å². The van der Waals surface area contributed by atoms with Crippen molar-refractivity contribution in [2.24, 2.45) is 0 Å². The average molecular weight is 358 g/mol. The fraction of sp³-hybridized carbons (Fsp3) is 0.364. The van der Waals surface area contributed by atoms with Crippen molar-refractivity contribution < 1.29 is 4.42 Å². The van der Waals surface area contributed by atoms with Gasteiger partial charge in [-0.3, -0.25) is 9.88 Å². The predicted molar refractivity (Wildman–Crippen MR) is 106 cm³/mol. The fourth-order valence-corrected chi connectivity index (χ4v) is 4.50. The normalized spacial score (nSPS) is 18.5. The van der Waals surface area contributed by atoms with E-state index in [4.69, 9.17) is 9.40 Å². The molecule has 0 bridgehead atoms. The Balaban J connectivity index is 1.35. The van der Waals surface area contributed by atoms with E-state index in [-0.39, 0.29) is 0 Å². The number of imidazole rings is 1. The van der Waals surface area contributed by atoms with Crippen LogP contribution in [0, 0.1) is 0 Å². The molecule has 1 aliphatic carbocycles. The third kappa shape index (κ3) is 2.49. The Kier molecular flexibility index (Phi) is 3.38. The lowest BCUT2D eigenvalue weighted by molar-refractivity contribution is 0.130. The van der Waals surface area contributed by atoms with Crippen LogP contribution in [0.5, 0.6) is 0 Å². The van der Waals surface area contributed by atoms with Crippen molar-refractivity contribution in [3.8, 4) is 11.1 Å². The molecule has 1 aromatic carbocycles. The van der Waals surface area contributed by atoms with Crippen LogP contribution in [-0.2, 0) is 13.0 Å². The number of pyridine rings is 1. The second-order valence-electron chi connectivity index (χ2n) is 7.78. The summed E-state index contributed by atoms with van der Waals surface area (Å²) in [5.74, 6) is 1.23. The Bertz CT molecular complexity index is 1140. The van der Waals surface area contributed by atoms with Crippen molar-refractivity contribution in [1.82, 2.24) is 19.4 Å². The molecule has 27 heavy (non-hydrogen) atoms. The van der Waals surface area contributed by atoms with E-state index in [1.807, 2.05) is 12.3 Å². The van der Waals surface area contributed by atoms with E-state index < -0.39 is 0 Å². The van der Waals surface area contributed by atoms with Gasteiger partial charge in [0.25, 0.3) is 0 Å². The molecule has 0 atom stereocenters. The van der Waals surface area contributed by atoms with Crippen LogP contribution in [0.15, 0.2) is 47.2 Å². The van der Waals surface area contributed by atoms with Crippen LogP contribution >= 0.6 is 0 Å². The molecule has 136 valence electrons. The van der Waals surface area contributed by atoms with Crippen LogP contribution in [0.25, 0.3) is 33.3 Å². The minimum atomic E-state index is 0.816. The number of benzene rings is 1. The minimum Gasteiger partial charge on any atom is -0.463 e. The average Bonchev–Trinajstić information content (AvgIpc) is 3.20. The fourth-order valence-electron chi connectivity index (χ4n) is 4.50. The number of rotatable bonds is 2. The van der Waals surface area contributed by atoms with Crippen molar-refractivity contribution in [2.45, 2.75) is 38.3 Å². The van der Waals surface area contributed by atoms with E-state index in [9.17, 15) is 0 Å². The van der Waals surface area contributed by atoms with Gasteiger partial charge in [0.1, 0.15) is 11.3 Å². The smallest absolute Gasteiger partial charge is 0.152 e. The number of hydrogen-bond donors (Lipinski definition) is 0. The molecule has 2 aliphatic rings. The zero-order chi connectivity index (χ0) is 17.8. The van der Waals surface area contributed by atoms with E-state index in [1.54, 1.807) is 6.26 Å². The summed E-state index contributed by atoms with van der Waals surface area (Å²) in [6.07, 6.45) is 8.79. The first-order valence-corrected chi connectivity index (χ1v) is 9.92. The highest BCUT2D eigenvalue weighted by molar-refractivity contribution is 5.85. The van der Waals surface area contributed by atoms with E-state index >= 15 is 0 Å². The van der Waals surface area contributed by atoms with E-state index in [0.717, 1.165) is 59.8 Å². The summed E-state index contributed by atoms with van der Waals surface area (Å²) in [6, 6.07) is 11.3. The third-order valence-electron chi connectivity index (χ3n) is 6.29. The Morgan fingerprint density at radius 1 is 0.963 bits per heavy atom. The molecule has 0 saturated heterocycles. The SMILES string of the molecule is c1cc2ncc(-c3ccc4c(c3)nc3n4CCN(C4CCC4)CC3)cc2o1. The van der Waals surface area contributed by atoms with Crippen LogP contribution in [0.1, 0.15) is 25.1 Å². The molecule has 6 rings (SSSR count). The number of fused-ring (bicyclic) bond motifs is 4. The summed E-state index contributed by atoms with van der Waals surface area (Å²) in [6.45, 7) is 3.32. The van der Waals surface area contributed by atoms with Gasteiger partial charge in [-0.05, 0) is 36.6 Å². The number of nitrogens with zero attached hydrogens (tertiary/aromatic N) is 4. The molecule has 4 heterocycles. The van der Waals surface area contributed by atoms with Gasteiger partial charge in [-0.25, -0.2) is 4.98 Å². The highest BCUT2D eigenvalue weighted by atomic mass is 16.3. The van der Waals surface area contributed by atoms with Gasteiger partial charge in [0.15, 0.2) is 5.58 Å². The molecule has 1 saturated carbocycles. The van der Waals surface area contributed by atoms with Gasteiger partial charge < -0.3 is 8.98 Å². The summed E-state index contributed by atoms with van der Waals surface area (Å²) in [4.78, 5) is 12.1. The van der Waals surface area contributed by atoms with Crippen LogP contribution in [-0.4, -0.2) is 38.6 Å². The zero-order valence-corrected chi connectivity index (χ0v) is 15.3. The van der Waals surface area contributed by atoms with Gasteiger partial charge >= 0.3 is 0 Å². The second kappa shape index (κ2) is 5.92. The molecule has 5 heteroatoms. The molecular weight excluding hydrogens is 336 g/mol. The van der Waals surface area contributed by atoms with Gasteiger partial charge in [-0.2, -0.15) is 0 Å². The lowest BCUT2D eigenvalue weighted by Crippen LogP contribution is -2.41. The maximum Gasteiger partial charge on any atom is 0.152 e. The third-order valence-corrected chi connectivity index (χ3v) is 6.29. The Labute approximate surface area is 157 Å². The first kappa shape index (κ1) is 15.4. The Morgan fingerprint density at radius 2 is 1.93 bits per heavy atom. The summed E-state index contributed by atoms with van der Waals surface area (Å²) < 4.78 is 7.93. The Hall–Kier alpha value is -2.66. The second-order valence-corrected chi connectivity index (χ2v) is 7.78. The first-order chi connectivity index (χ1) is 13.3. The van der Waals surface area contributed by atoms with Crippen molar-refractivity contribution >= 4 is 22.1 Å². The molecule has 0 radical (unpaired) electrons. The molecule has 3 aromatic heterocycles. The molecule has 1 aliphatic heterocycles. The molecular formula is C22H22N4O. The summed E-state index contributed by atoms with van der Waals surface area (Å²) in [7, 11) is 0. The lowest BCUT2D eigenvalue weighted by Gasteiger charge is -2.36. The van der Waals surface area contributed by atoms with Gasteiger partial charge in [0, 0.05) is 49.9 Å². The molecule has 0 N–H and O–H groups in total. The molecule has 4 aromatic rings. The maximum absolute atomic E-state index is 5.50. The maximum atomic E-state index is 5.50. The highest BCUT2D eigenvalue weighted by Gasteiger charge is 2.27. The van der Waals surface area contributed by atoms with Crippen LogP contribution in [0.2, 0.25) is 0 Å². The van der Waals surface area contributed by atoms with Gasteiger partial charge in [0.2, 0.25) is 0 Å². The standard InChI is InChI=1S/C22H22N4O/c1-2-17(3-1)25-8-6-22-24-19-12-15(4-5-20(19)26(22)10-9-25)16-13-21-18(23-14-16)7-11-27-21/h4-5,7,11-14,17H,1-3,6,8-10H2. The van der Waals surface area contributed by atoms with E-state index in [0.29, 0.717) is 0 Å². The molecule has 0 amide bonds. The summed E-state index contributed by atoms with van der Waals surface area (Å²) in [5.41, 5.74) is 6.25. The van der Waals surface area contributed by atoms with Gasteiger partial charge in [-0.15, -0.1) is 0 Å². The quantitative estimate of drug-likeness (QED) is 0.537. The first-order valence-electron chi connectivity index (χ1n) is 9.92. The van der Waals surface area contributed by atoms with Crippen molar-refractivity contribution in [1.29, 1.82) is 0 Å². The van der Waals surface area contributed by atoms with E-state index in [1.165, 1.54) is 30.6 Å². The van der Waals surface area contributed by atoms with E-state index in [2.05, 4.69) is 38.7 Å². The highest BCUT2D eigenvalue weighted by Crippen LogP contribution is 2.30. The molecule has 0 unspecified atom stereocenters.